The second kappa shape index (κ2) is 5.31. The van der Waals surface area contributed by atoms with Crippen LogP contribution in [-0.4, -0.2) is 19.4 Å². The van der Waals surface area contributed by atoms with Gasteiger partial charge in [0.15, 0.2) is 0 Å². The van der Waals surface area contributed by atoms with Crippen LogP contribution in [0, 0.1) is 0 Å². The van der Waals surface area contributed by atoms with Gasteiger partial charge in [0, 0.05) is 4.90 Å². The number of ether oxygens (including phenoxy) is 2. The second-order valence-corrected chi connectivity index (χ2v) is 3.65. The normalized spacial score (nSPS) is 11.1. The van der Waals surface area contributed by atoms with Crippen molar-refractivity contribution in [2.24, 2.45) is 0 Å². The Labute approximate surface area is 101 Å². The maximum absolute atomic E-state index is 12.0. The molecule has 0 spiro atoms. The number of benzene rings is 1. The van der Waals surface area contributed by atoms with Gasteiger partial charge in [-0.15, -0.1) is 25.8 Å². The number of hydrogen-bond donors (Lipinski definition) is 1. The van der Waals surface area contributed by atoms with Gasteiger partial charge in [-0.25, -0.2) is 0 Å². The highest BCUT2D eigenvalue weighted by Crippen LogP contribution is 2.26. The van der Waals surface area contributed by atoms with Gasteiger partial charge < -0.3 is 9.47 Å². The first-order valence-corrected chi connectivity index (χ1v) is 4.90. The Morgan fingerprint density at radius 1 is 1.35 bits per heavy atom. The minimum Gasteiger partial charge on any atom is -0.469 e. The average Bonchev–Trinajstić information content (AvgIpc) is 2.13. The molecule has 17 heavy (non-hydrogen) atoms. The molecule has 0 aromatic heterocycles. The molecule has 0 aliphatic heterocycles. The highest BCUT2D eigenvalue weighted by molar-refractivity contribution is 7.80. The maximum atomic E-state index is 12.0. The largest absolute Gasteiger partial charge is 0.573 e. The van der Waals surface area contributed by atoms with Crippen LogP contribution >= 0.6 is 12.6 Å². The fraction of sp³-hybridized carbons (Fsp3) is 0.300. The quantitative estimate of drug-likeness (QED) is 0.674. The van der Waals surface area contributed by atoms with Gasteiger partial charge in [0.2, 0.25) is 0 Å². The number of thiol groups is 1. The van der Waals surface area contributed by atoms with Gasteiger partial charge in [-0.2, -0.15) is 0 Å². The molecule has 0 amide bonds. The number of hydrogen-bond acceptors (Lipinski definition) is 4. The van der Waals surface area contributed by atoms with Gasteiger partial charge in [0.1, 0.15) is 5.75 Å². The molecule has 3 nitrogen and oxygen atoms in total. The smallest absolute Gasteiger partial charge is 0.469 e. The summed E-state index contributed by atoms with van der Waals surface area (Å²) in [6, 6.07) is 3.69. The van der Waals surface area contributed by atoms with Crippen molar-refractivity contribution in [3.8, 4) is 5.75 Å². The minimum absolute atomic E-state index is 0.140. The number of carbonyl (C=O) groups excluding carboxylic acids is 1. The Morgan fingerprint density at radius 2 is 2.00 bits per heavy atom. The van der Waals surface area contributed by atoms with Crippen molar-refractivity contribution in [3.63, 3.8) is 0 Å². The lowest BCUT2D eigenvalue weighted by Gasteiger charge is -2.10. The van der Waals surface area contributed by atoms with Crippen molar-refractivity contribution in [2.75, 3.05) is 7.11 Å². The zero-order valence-electron chi connectivity index (χ0n) is 8.75. The van der Waals surface area contributed by atoms with E-state index < -0.39 is 18.1 Å². The van der Waals surface area contributed by atoms with E-state index in [0.717, 1.165) is 12.1 Å². The first-order chi connectivity index (χ1) is 7.80. The third-order valence-corrected chi connectivity index (χ3v) is 2.02. The van der Waals surface area contributed by atoms with Crippen LogP contribution in [0.3, 0.4) is 0 Å². The van der Waals surface area contributed by atoms with Crippen molar-refractivity contribution in [1.82, 2.24) is 0 Å². The fourth-order valence-corrected chi connectivity index (χ4v) is 1.47. The Hall–Kier alpha value is -1.37. The number of carbonyl (C=O) groups is 1. The lowest BCUT2D eigenvalue weighted by molar-refractivity contribution is -0.274. The summed E-state index contributed by atoms with van der Waals surface area (Å²) in [7, 11) is 1.19. The molecule has 0 saturated carbocycles. The number of methoxy groups -OCH3 is 1. The van der Waals surface area contributed by atoms with Gasteiger partial charge >= 0.3 is 12.3 Å². The predicted octanol–water partition coefficient (Wildman–Crippen LogP) is 2.59. The molecule has 0 bridgehead atoms. The van der Waals surface area contributed by atoms with Crippen LogP contribution < -0.4 is 4.74 Å². The Bertz CT molecular complexity index is 418. The van der Waals surface area contributed by atoms with E-state index in [-0.39, 0.29) is 11.3 Å². The molecule has 7 heteroatoms. The molecule has 94 valence electrons. The molecule has 0 N–H and O–H groups in total. The summed E-state index contributed by atoms with van der Waals surface area (Å²) in [6.07, 6.45) is -4.91. The van der Waals surface area contributed by atoms with Crippen molar-refractivity contribution in [1.29, 1.82) is 0 Å². The highest BCUT2D eigenvalue weighted by Gasteiger charge is 2.31. The van der Waals surface area contributed by atoms with Crippen molar-refractivity contribution >= 4 is 18.6 Å². The van der Waals surface area contributed by atoms with Crippen LogP contribution in [0.4, 0.5) is 13.2 Å². The Kier molecular flexibility index (Phi) is 4.28. The fourth-order valence-electron chi connectivity index (χ4n) is 1.18. The van der Waals surface area contributed by atoms with E-state index in [1.165, 1.54) is 13.2 Å². The molecule has 0 fully saturated rings. The maximum Gasteiger partial charge on any atom is 0.573 e. The average molecular weight is 266 g/mol. The van der Waals surface area contributed by atoms with Crippen LogP contribution in [0.15, 0.2) is 23.1 Å². The van der Waals surface area contributed by atoms with E-state index in [9.17, 15) is 18.0 Å². The van der Waals surface area contributed by atoms with Gasteiger partial charge in [0.05, 0.1) is 13.5 Å². The number of halogens is 3. The van der Waals surface area contributed by atoms with E-state index in [1.807, 2.05) is 0 Å². The molecular formula is C10H9F3O3S. The van der Waals surface area contributed by atoms with Crippen LogP contribution in [-0.2, 0) is 16.0 Å². The highest BCUT2D eigenvalue weighted by atomic mass is 32.1. The SMILES string of the molecule is COC(=O)Cc1cc(S)cc(OC(F)(F)F)c1. The summed E-state index contributed by atoms with van der Waals surface area (Å²) in [6.45, 7) is 0. The molecule has 0 unspecified atom stereocenters. The van der Waals surface area contributed by atoms with Crippen LogP contribution in [0.2, 0.25) is 0 Å². The molecular weight excluding hydrogens is 257 g/mol. The molecule has 0 aliphatic rings. The van der Waals surface area contributed by atoms with E-state index in [2.05, 4.69) is 22.1 Å². The summed E-state index contributed by atoms with van der Waals surface area (Å²) in [4.78, 5) is 11.2. The summed E-state index contributed by atoms with van der Waals surface area (Å²) in [5, 5.41) is 0. The third-order valence-electron chi connectivity index (χ3n) is 1.76. The van der Waals surface area contributed by atoms with Crippen molar-refractivity contribution < 1.29 is 27.4 Å². The zero-order chi connectivity index (χ0) is 13.1. The van der Waals surface area contributed by atoms with Crippen molar-refractivity contribution in [3.05, 3.63) is 23.8 Å². The van der Waals surface area contributed by atoms with Crippen LogP contribution in [0.1, 0.15) is 5.56 Å². The van der Waals surface area contributed by atoms with E-state index in [4.69, 9.17) is 0 Å². The van der Waals surface area contributed by atoms with E-state index in [0.29, 0.717) is 5.56 Å². The third kappa shape index (κ3) is 4.99. The Morgan fingerprint density at radius 3 is 2.53 bits per heavy atom. The summed E-state index contributed by atoms with van der Waals surface area (Å²) >= 11 is 3.93. The van der Waals surface area contributed by atoms with Gasteiger partial charge in [-0.05, 0) is 23.8 Å². The first kappa shape index (κ1) is 13.7. The second-order valence-electron chi connectivity index (χ2n) is 3.14. The molecule has 0 atom stereocenters. The Balaban J connectivity index is 2.90. The summed E-state index contributed by atoms with van der Waals surface area (Å²) in [5.41, 5.74) is 0.337. The molecule has 0 radical (unpaired) electrons. The van der Waals surface area contributed by atoms with Gasteiger partial charge in [-0.3, -0.25) is 4.79 Å². The lowest BCUT2D eigenvalue weighted by Crippen LogP contribution is -2.17. The van der Waals surface area contributed by atoms with Crippen LogP contribution in [0.25, 0.3) is 0 Å². The topological polar surface area (TPSA) is 35.5 Å². The number of esters is 1. The zero-order valence-corrected chi connectivity index (χ0v) is 9.64. The molecule has 0 saturated heterocycles. The molecule has 1 aromatic carbocycles. The molecule has 1 rings (SSSR count). The molecule has 0 aliphatic carbocycles. The number of alkyl halides is 3. The monoisotopic (exact) mass is 266 g/mol. The first-order valence-electron chi connectivity index (χ1n) is 4.45. The summed E-state index contributed by atoms with van der Waals surface area (Å²) in [5.74, 6) is -0.967. The minimum atomic E-state index is -4.77. The van der Waals surface area contributed by atoms with Crippen molar-refractivity contribution in [2.45, 2.75) is 17.7 Å². The van der Waals surface area contributed by atoms with E-state index >= 15 is 0 Å². The standard InChI is InChI=1S/C10H9F3O3S/c1-15-9(14)4-6-2-7(5-8(17)3-6)16-10(11,12)13/h2-3,5,17H,4H2,1H3. The molecule has 1 aromatic rings. The predicted molar refractivity (Wildman–Crippen MR) is 56.1 cm³/mol. The lowest BCUT2D eigenvalue weighted by atomic mass is 10.1. The molecule has 0 heterocycles. The number of rotatable bonds is 3. The van der Waals surface area contributed by atoms with Crippen LogP contribution in [0.5, 0.6) is 5.75 Å². The van der Waals surface area contributed by atoms with Gasteiger partial charge in [-0.1, -0.05) is 0 Å². The van der Waals surface area contributed by atoms with Gasteiger partial charge in [0.25, 0.3) is 0 Å². The summed E-state index contributed by atoms with van der Waals surface area (Å²) < 4.78 is 44.1. The van der Waals surface area contributed by atoms with E-state index in [1.54, 1.807) is 0 Å².